The number of carbonyl (C=O) groups is 3. The Balaban J connectivity index is 1.62. The first kappa shape index (κ1) is 22.9. The first-order chi connectivity index (χ1) is 15.4. The van der Waals surface area contributed by atoms with E-state index in [9.17, 15) is 18.8 Å². The summed E-state index contributed by atoms with van der Waals surface area (Å²) in [5.74, 6) is -1.28. The van der Waals surface area contributed by atoms with E-state index in [1.807, 2.05) is 0 Å². The molecule has 8 heteroatoms. The lowest BCUT2D eigenvalue weighted by Gasteiger charge is -2.32. The second-order valence-corrected chi connectivity index (χ2v) is 9.14. The quantitative estimate of drug-likeness (QED) is 0.516. The van der Waals surface area contributed by atoms with Crippen LogP contribution in [-0.2, 0) is 29.3 Å². The van der Waals surface area contributed by atoms with Gasteiger partial charge in [0.15, 0.2) is 0 Å². The molecule has 32 heavy (non-hydrogen) atoms. The van der Waals surface area contributed by atoms with Crippen molar-refractivity contribution in [2.45, 2.75) is 50.0 Å². The molecule has 174 valence electrons. The number of rotatable bonds is 10. The van der Waals surface area contributed by atoms with E-state index in [1.165, 1.54) is 25.3 Å². The van der Waals surface area contributed by atoms with Gasteiger partial charge in [-0.25, -0.2) is 4.39 Å². The predicted molar refractivity (Wildman–Crippen MR) is 114 cm³/mol. The van der Waals surface area contributed by atoms with Crippen LogP contribution in [0.5, 0.6) is 0 Å². The smallest absolute Gasteiger partial charge is 0.241 e. The van der Waals surface area contributed by atoms with Crippen LogP contribution < -0.4 is 0 Å². The van der Waals surface area contributed by atoms with Gasteiger partial charge >= 0.3 is 0 Å². The van der Waals surface area contributed by atoms with Crippen molar-refractivity contribution in [3.8, 4) is 0 Å². The number of imide groups is 1. The molecule has 2 saturated heterocycles. The summed E-state index contributed by atoms with van der Waals surface area (Å²) in [6, 6.07) is 5.95. The van der Waals surface area contributed by atoms with Gasteiger partial charge in [-0.2, -0.15) is 0 Å². The van der Waals surface area contributed by atoms with E-state index in [0.29, 0.717) is 25.6 Å². The highest BCUT2D eigenvalue weighted by Gasteiger charge is 2.55. The average molecular weight is 447 g/mol. The Labute approximate surface area is 187 Å². The van der Waals surface area contributed by atoms with Crippen LogP contribution in [0.1, 0.15) is 44.1 Å². The molecule has 3 amide bonds. The number of benzene rings is 1. The minimum absolute atomic E-state index is 0.0128. The van der Waals surface area contributed by atoms with E-state index in [1.54, 1.807) is 11.0 Å². The standard InChI is InChI=1S/C24H31FN2O5/c1-31-12-10-27-22(29)14-24(23(27)30,19-6-2-3-7-20(19)25)13-21(28)26(15-17-8-9-17)16-18-5-4-11-32-18/h2-3,6-7,17-18H,4-5,8-16H2,1H3/t18-,24+/m0/s1. The maximum absolute atomic E-state index is 14.9. The fraction of sp³-hybridized carbons (Fsp3) is 0.625. The van der Waals surface area contributed by atoms with Gasteiger partial charge in [0.05, 0.1) is 24.7 Å². The maximum Gasteiger partial charge on any atom is 0.241 e. The summed E-state index contributed by atoms with van der Waals surface area (Å²) < 4.78 is 25.7. The van der Waals surface area contributed by atoms with Gasteiger partial charge < -0.3 is 14.4 Å². The third kappa shape index (κ3) is 4.71. The summed E-state index contributed by atoms with van der Waals surface area (Å²) in [7, 11) is 1.49. The zero-order valence-electron chi connectivity index (χ0n) is 18.6. The molecule has 4 rings (SSSR count). The van der Waals surface area contributed by atoms with Crippen LogP contribution in [0.15, 0.2) is 24.3 Å². The van der Waals surface area contributed by atoms with Gasteiger partial charge in [0.2, 0.25) is 17.7 Å². The fourth-order valence-corrected chi connectivity index (χ4v) is 4.80. The van der Waals surface area contributed by atoms with Crippen molar-refractivity contribution in [2.75, 3.05) is 40.0 Å². The Kier molecular flexibility index (Phi) is 6.90. The molecule has 1 aliphatic carbocycles. The van der Waals surface area contributed by atoms with Gasteiger partial charge in [-0.3, -0.25) is 19.3 Å². The summed E-state index contributed by atoms with van der Waals surface area (Å²) in [5.41, 5.74) is -1.43. The van der Waals surface area contributed by atoms with E-state index >= 15 is 0 Å². The van der Waals surface area contributed by atoms with Crippen LogP contribution in [0, 0.1) is 11.7 Å². The van der Waals surface area contributed by atoms with Crippen LogP contribution >= 0.6 is 0 Å². The number of methoxy groups -OCH3 is 1. The highest BCUT2D eigenvalue weighted by Crippen LogP contribution is 2.42. The van der Waals surface area contributed by atoms with E-state index in [0.717, 1.165) is 30.6 Å². The average Bonchev–Trinajstić information content (AvgIpc) is 3.37. The number of amides is 3. The van der Waals surface area contributed by atoms with Gasteiger partial charge in [-0.05, 0) is 37.7 Å². The summed E-state index contributed by atoms with van der Waals surface area (Å²) in [5, 5.41) is 0. The number of carbonyl (C=O) groups excluding carboxylic acids is 3. The Morgan fingerprint density at radius 1 is 1.25 bits per heavy atom. The SMILES string of the molecule is COCCN1C(=O)C[C@](CC(=O)N(CC2CC2)C[C@@H]2CCCO2)(c2ccccc2F)C1=O. The molecule has 3 fully saturated rings. The van der Waals surface area contributed by atoms with Crippen molar-refractivity contribution >= 4 is 17.7 Å². The van der Waals surface area contributed by atoms with Crippen molar-refractivity contribution in [2.24, 2.45) is 5.92 Å². The van der Waals surface area contributed by atoms with Gasteiger partial charge in [-0.1, -0.05) is 18.2 Å². The van der Waals surface area contributed by atoms with Crippen LogP contribution in [0.3, 0.4) is 0 Å². The molecule has 7 nitrogen and oxygen atoms in total. The fourth-order valence-electron chi connectivity index (χ4n) is 4.80. The second kappa shape index (κ2) is 9.67. The number of nitrogens with zero attached hydrogens (tertiary/aromatic N) is 2. The third-order valence-electron chi connectivity index (χ3n) is 6.75. The summed E-state index contributed by atoms with van der Waals surface area (Å²) in [6.45, 7) is 2.04. The molecule has 0 spiro atoms. The number of ether oxygens (including phenoxy) is 2. The molecule has 0 radical (unpaired) electrons. The third-order valence-corrected chi connectivity index (χ3v) is 6.75. The molecular formula is C24H31FN2O5. The van der Waals surface area contributed by atoms with Crippen molar-refractivity contribution in [3.63, 3.8) is 0 Å². The monoisotopic (exact) mass is 446 g/mol. The molecule has 1 aromatic rings. The molecule has 2 atom stereocenters. The highest BCUT2D eigenvalue weighted by molar-refractivity contribution is 6.10. The normalized spacial score (nSPS) is 25.6. The molecule has 0 unspecified atom stereocenters. The number of likely N-dealkylation sites (tertiary alicyclic amines) is 1. The highest BCUT2D eigenvalue weighted by atomic mass is 19.1. The van der Waals surface area contributed by atoms with Crippen molar-refractivity contribution in [3.05, 3.63) is 35.6 Å². The Bertz CT molecular complexity index is 868. The van der Waals surface area contributed by atoms with Gasteiger partial charge in [0, 0.05) is 45.2 Å². The predicted octanol–water partition coefficient (Wildman–Crippen LogP) is 2.28. The lowest BCUT2D eigenvalue weighted by atomic mass is 9.75. The minimum atomic E-state index is -1.54. The topological polar surface area (TPSA) is 76.2 Å². The number of hydrogen-bond donors (Lipinski definition) is 0. The molecule has 0 aromatic heterocycles. The van der Waals surface area contributed by atoms with Crippen LogP contribution in [0.2, 0.25) is 0 Å². The van der Waals surface area contributed by atoms with Gasteiger partial charge in [0.1, 0.15) is 5.82 Å². The summed E-state index contributed by atoms with van der Waals surface area (Å²) in [6.07, 6.45) is 3.56. The number of hydrogen-bond acceptors (Lipinski definition) is 5. The molecular weight excluding hydrogens is 415 g/mol. The molecule has 1 aromatic carbocycles. The molecule has 2 aliphatic heterocycles. The zero-order chi connectivity index (χ0) is 22.7. The molecule has 2 heterocycles. The van der Waals surface area contributed by atoms with E-state index in [2.05, 4.69) is 0 Å². The number of halogens is 1. The second-order valence-electron chi connectivity index (χ2n) is 9.14. The van der Waals surface area contributed by atoms with Crippen molar-refractivity contribution in [1.29, 1.82) is 0 Å². The molecule has 3 aliphatic rings. The van der Waals surface area contributed by atoms with E-state index in [-0.39, 0.29) is 43.6 Å². The Hall–Kier alpha value is -2.32. The first-order valence-electron chi connectivity index (χ1n) is 11.4. The van der Waals surface area contributed by atoms with Gasteiger partial charge in [0.25, 0.3) is 0 Å². The lowest BCUT2D eigenvalue weighted by Crippen LogP contribution is -2.46. The Morgan fingerprint density at radius 2 is 2.03 bits per heavy atom. The largest absolute Gasteiger partial charge is 0.383 e. The molecule has 0 bridgehead atoms. The minimum Gasteiger partial charge on any atom is -0.383 e. The van der Waals surface area contributed by atoms with E-state index in [4.69, 9.17) is 9.47 Å². The van der Waals surface area contributed by atoms with Crippen LogP contribution in [0.4, 0.5) is 4.39 Å². The van der Waals surface area contributed by atoms with E-state index < -0.39 is 23.0 Å². The molecule has 0 N–H and O–H groups in total. The van der Waals surface area contributed by atoms with Crippen LogP contribution in [-0.4, -0.2) is 73.6 Å². The maximum atomic E-state index is 14.9. The summed E-state index contributed by atoms with van der Waals surface area (Å²) >= 11 is 0. The summed E-state index contributed by atoms with van der Waals surface area (Å²) in [4.78, 5) is 42.7. The van der Waals surface area contributed by atoms with Crippen molar-refractivity contribution < 1.29 is 28.2 Å². The van der Waals surface area contributed by atoms with Crippen molar-refractivity contribution in [1.82, 2.24) is 9.80 Å². The zero-order valence-corrected chi connectivity index (χ0v) is 18.6. The Morgan fingerprint density at radius 3 is 2.69 bits per heavy atom. The van der Waals surface area contributed by atoms with Crippen LogP contribution in [0.25, 0.3) is 0 Å². The lowest BCUT2D eigenvalue weighted by molar-refractivity contribution is -0.143. The van der Waals surface area contributed by atoms with Gasteiger partial charge in [-0.15, -0.1) is 0 Å². The first-order valence-corrected chi connectivity index (χ1v) is 11.4. The molecule has 1 saturated carbocycles.